The van der Waals surface area contributed by atoms with E-state index in [-0.39, 0.29) is 23.8 Å². The summed E-state index contributed by atoms with van der Waals surface area (Å²) in [7, 11) is 0. The molecule has 5 nitrogen and oxygen atoms in total. The molecule has 120 valence electrons. The van der Waals surface area contributed by atoms with Crippen LogP contribution in [-0.2, 0) is 9.53 Å². The minimum atomic E-state index is -0.694. The van der Waals surface area contributed by atoms with Gasteiger partial charge in [-0.25, -0.2) is 4.79 Å². The summed E-state index contributed by atoms with van der Waals surface area (Å²) in [5.74, 6) is -0.421. The van der Waals surface area contributed by atoms with E-state index in [2.05, 4.69) is 22.9 Å². The monoisotopic (exact) mass is 369 g/mol. The highest BCUT2D eigenvalue weighted by Crippen LogP contribution is 2.29. The Bertz CT molecular complexity index is 580. The van der Waals surface area contributed by atoms with Crippen LogP contribution in [0, 0.1) is 12.8 Å². The van der Waals surface area contributed by atoms with Crippen molar-refractivity contribution >= 4 is 27.8 Å². The molecule has 0 saturated carbocycles. The van der Waals surface area contributed by atoms with Gasteiger partial charge in [0, 0.05) is 13.1 Å². The van der Waals surface area contributed by atoms with E-state index in [1.165, 1.54) is 6.07 Å². The molecule has 1 fully saturated rings. The lowest BCUT2D eigenvalue weighted by Gasteiger charge is -2.30. The number of benzene rings is 1. The van der Waals surface area contributed by atoms with Crippen LogP contribution in [0.25, 0.3) is 0 Å². The number of amides is 1. The number of aromatic hydroxyl groups is 1. The summed E-state index contributed by atoms with van der Waals surface area (Å²) in [5.41, 5.74) is 0.875. The highest BCUT2D eigenvalue weighted by Gasteiger charge is 2.22. The van der Waals surface area contributed by atoms with Crippen molar-refractivity contribution in [2.45, 2.75) is 26.7 Å². The van der Waals surface area contributed by atoms with E-state index < -0.39 is 5.97 Å². The van der Waals surface area contributed by atoms with Gasteiger partial charge in [0.25, 0.3) is 5.91 Å². The van der Waals surface area contributed by atoms with Crippen LogP contribution in [0.4, 0.5) is 0 Å². The highest BCUT2D eigenvalue weighted by molar-refractivity contribution is 9.10. The first-order valence-electron chi connectivity index (χ1n) is 7.32. The SMILES string of the molecule is Cc1cc(Br)c(O)c(C(=O)OCC(=O)N2CCC(C)CC2)c1. The van der Waals surface area contributed by atoms with Gasteiger partial charge in [0.1, 0.15) is 11.3 Å². The Balaban J connectivity index is 1.94. The molecule has 0 aromatic heterocycles. The number of nitrogens with zero attached hydrogens (tertiary/aromatic N) is 1. The summed E-state index contributed by atoms with van der Waals surface area (Å²) in [4.78, 5) is 25.8. The lowest BCUT2D eigenvalue weighted by molar-refractivity contribution is -0.135. The number of carbonyl (C=O) groups excluding carboxylic acids is 2. The number of esters is 1. The van der Waals surface area contributed by atoms with E-state index >= 15 is 0 Å². The van der Waals surface area contributed by atoms with Gasteiger partial charge in [-0.3, -0.25) is 4.79 Å². The Morgan fingerprint density at radius 1 is 1.36 bits per heavy atom. The van der Waals surface area contributed by atoms with Crippen LogP contribution >= 0.6 is 15.9 Å². The smallest absolute Gasteiger partial charge is 0.342 e. The van der Waals surface area contributed by atoms with Gasteiger partial charge in [0.2, 0.25) is 0 Å². The fourth-order valence-corrected chi connectivity index (χ4v) is 3.02. The fourth-order valence-electron chi connectivity index (χ4n) is 2.44. The Labute approximate surface area is 138 Å². The van der Waals surface area contributed by atoms with Crippen LogP contribution in [0.15, 0.2) is 16.6 Å². The first-order valence-corrected chi connectivity index (χ1v) is 8.11. The number of ether oxygens (including phenoxy) is 1. The third-order valence-electron chi connectivity index (χ3n) is 3.89. The summed E-state index contributed by atoms with van der Waals surface area (Å²) >= 11 is 3.18. The van der Waals surface area contributed by atoms with Gasteiger partial charge in [0.05, 0.1) is 4.47 Å². The van der Waals surface area contributed by atoms with E-state index in [9.17, 15) is 14.7 Å². The summed E-state index contributed by atoms with van der Waals surface area (Å²) < 4.78 is 5.48. The van der Waals surface area contributed by atoms with Crippen LogP contribution < -0.4 is 0 Å². The number of carbonyl (C=O) groups is 2. The van der Waals surface area contributed by atoms with E-state index in [0.717, 1.165) is 18.4 Å². The molecule has 0 spiro atoms. The molecule has 1 aromatic rings. The number of rotatable bonds is 3. The largest absolute Gasteiger partial charge is 0.506 e. The average Bonchev–Trinajstić information content (AvgIpc) is 2.48. The van der Waals surface area contributed by atoms with Crippen LogP contribution in [0.1, 0.15) is 35.7 Å². The summed E-state index contributed by atoms with van der Waals surface area (Å²) in [6.07, 6.45) is 1.95. The van der Waals surface area contributed by atoms with Gasteiger partial charge in [0.15, 0.2) is 6.61 Å². The Kier molecular flexibility index (Phi) is 5.45. The number of phenolic OH excluding ortho intramolecular Hbond substituents is 1. The lowest BCUT2D eigenvalue weighted by atomic mass is 9.99. The molecule has 1 saturated heterocycles. The maximum Gasteiger partial charge on any atom is 0.342 e. The van der Waals surface area contributed by atoms with Crippen LogP contribution in [-0.4, -0.2) is 41.6 Å². The second kappa shape index (κ2) is 7.13. The van der Waals surface area contributed by atoms with Crippen molar-refractivity contribution in [3.8, 4) is 5.75 Å². The Morgan fingerprint density at radius 3 is 2.64 bits per heavy atom. The zero-order valence-corrected chi connectivity index (χ0v) is 14.4. The Morgan fingerprint density at radius 2 is 2.00 bits per heavy atom. The zero-order valence-electron chi connectivity index (χ0n) is 12.8. The molecule has 1 aliphatic heterocycles. The van der Waals surface area contributed by atoms with E-state index in [4.69, 9.17) is 4.74 Å². The van der Waals surface area contributed by atoms with Gasteiger partial charge < -0.3 is 14.7 Å². The maximum atomic E-state index is 12.0. The minimum absolute atomic E-state index is 0.0620. The molecule has 22 heavy (non-hydrogen) atoms. The number of piperidine rings is 1. The zero-order chi connectivity index (χ0) is 16.3. The van der Waals surface area contributed by atoms with Crippen molar-refractivity contribution in [3.05, 3.63) is 27.7 Å². The summed E-state index contributed by atoms with van der Waals surface area (Å²) in [6.45, 7) is 5.09. The lowest BCUT2D eigenvalue weighted by Crippen LogP contribution is -2.40. The maximum absolute atomic E-state index is 12.0. The van der Waals surface area contributed by atoms with Crippen LogP contribution in [0.2, 0.25) is 0 Å². The van der Waals surface area contributed by atoms with Gasteiger partial charge in [-0.1, -0.05) is 6.92 Å². The van der Waals surface area contributed by atoms with Gasteiger partial charge in [-0.05, 0) is 59.3 Å². The molecular weight excluding hydrogens is 350 g/mol. The third-order valence-corrected chi connectivity index (χ3v) is 4.50. The van der Waals surface area contributed by atoms with Gasteiger partial charge in [-0.2, -0.15) is 0 Å². The molecular formula is C16H20BrNO4. The molecule has 0 aliphatic carbocycles. The highest BCUT2D eigenvalue weighted by atomic mass is 79.9. The molecule has 2 rings (SSSR count). The third kappa shape index (κ3) is 4.00. The number of likely N-dealkylation sites (tertiary alicyclic amines) is 1. The van der Waals surface area contributed by atoms with Crippen molar-refractivity contribution < 1.29 is 19.4 Å². The van der Waals surface area contributed by atoms with Crippen molar-refractivity contribution in [1.29, 1.82) is 0 Å². The molecule has 0 radical (unpaired) electrons. The minimum Gasteiger partial charge on any atom is -0.506 e. The average molecular weight is 370 g/mol. The number of halogens is 1. The molecule has 1 heterocycles. The molecule has 0 unspecified atom stereocenters. The van der Waals surface area contributed by atoms with Crippen LogP contribution in [0.3, 0.4) is 0 Å². The quantitative estimate of drug-likeness (QED) is 0.831. The first-order chi connectivity index (χ1) is 10.4. The van der Waals surface area contributed by atoms with Crippen molar-refractivity contribution in [2.24, 2.45) is 5.92 Å². The fraction of sp³-hybridized carbons (Fsp3) is 0.500. The van der Waals surface area contributed by atoms with Gasteiger partial charge >= 0.3 is 5.97 Å². The molecule has 0 bridgehead atoms. The second-order valence-electron chi connectivity index (χ2n) is 5.78. The first kappa shape index (κ1) is 16.8. The second-order valence-corrected chi connectivity index (χ2v) is 6.64. The molecule has 1 N–H and O–H groups in total. The molecule has 1 aliphatic rings. The van der Waals surface area contributed by atoms with E-state index in [0.29, 0.717) is 23.5 Å². The Hall–Kier alpha value is -1.56. The van der Waals surface area contributed by atoms with Crippen LogP contribution in [0.5, 0.6) is 5.75 Å². The molecule has 1 amide bonds. The molecule has 1 aromatic carbocycles. The predicted octanol–water partition coefficient (Wildman–Crippen LogP) is 2.88. The van der Waals surface area contributed by atoms with Crippen molar-refractivity contribution in [1.82, 2.24) is 4.90 Å². The van der Waals surface area contributed by atoms with Crippen molar-refractivity contribution in [3.63, 3.8) is 0 Å². The summed E-state index contributed by atoms with van der Waals surface area (Å²) in [6, 6.07) is 3.24. The topological polar surface area (TPSA) is 66.8 Å². The number of hydrogen-bond donors (Lipinski definition) is 1. The normalized spacial score (nSPS) is 15.7. The molecule has 0 atom stereocenters. The van der Waals surface area contributed by atoms with Gasteiger partial charge in [-0.15, -0.1) is 0 Å². The number of phenols is 1. The predicted molar refractivity (Wildman–Crippen MR) is 85.8 cm³/mol. The van der Waals surface area contributed by atoms with E-state index in [1.807, 2.05) is 0 Å². The number of aryl methyl sites for hydroxylation is 1. The van der Waals surface area contributed by atoms with Crippen molar-refractivity contribution in [2.75, 3.05) is 19.7 Å². The summed E-state index contributed by atoms with van der Waals surface area (Å²) in [5, 5.41) is 9.89. The molecule has 6 heteroatoms. The number of hydrogen-bond acceptors (Lipinski definition) is 4. The van der Waals surface area contributed by atoms with E-state index in [1.54, 1.807) is 17.9 Å². The standard InChI is InChI=1S/C16H20BrNO4/c1-10-3-5-18(6-4-10)14(19)9-22-16(21)12-7-11(2)8-13(17)15(12)20/h7-8,10,20H,3-6,9H2,1-2H3.